The van der Waals surface area contributed by atoms with Gasteiger partial charge in [0, 0.05) is 43.6 Å². The van der Waals surface area contributed by atoms with Gasteiger partial charge in [0.1, 0.15) is 0 Å². The molecular weight excluding hydrogens is 352 g/mol. The molecule has 3 atom stereocenters. The van der Waals surface area contributed by atoms with E-state index in [0.29, 0.717) is 38.3 Å². The minimum Gasteiger partial charge on any atom is -0.378 e. The van der Waals surface area contributed by atoms with Crippen LogP contribution >= 0.6 is 0 Å². The maximum Gasteiger partial charge on any atom is 0.230 e. The number of carbonyl (C=O) groups excluding carboxylic acids is 1. The molecule has 3 aliphatic heterocycles. The molecule has 0 radical (unpaired) electrons. The summed E-state index contributed by atoms with van der Waals surface area (Å²) in [4.78, 5) is 25.9. The highest BCUT2D eigenvalue weighted by atomic mass is 16.5. The van der Waals surface area contributed by atoms with Crippen LogP contribution in [0.2, 0.25) is 0 Å². The van der Waals surface area contributed by atoms with Crippen molar-refractivity contribution in [1.82, 2.24) is 19.8 Å². The first-order valence-corrected chi connectivity index (χ1v) is 10.4. The van der Waals surface area contributed by atoms with Crippen LogP contribution in [0.25, 0.3) is 0 Å². The summed E-state index contributed by atoms with van der Waals surface area (Å²) in [7, 11) is 0. The maximum absolute atomic E-state index is 13.9. The van der Waals surface area contributed by atoms with Gasteiger partial charge >= 0.3 is 0 Å². The van der Waals surface area contributed by atoms with E-state index in [9.17, 15) is 4.79 Å². The number of imidazole rings is 1. The first-order chi connectivity index (χ1) is 13.8. The number of hydrogen-bond acceptors (Lipinski definition) is 4. The third kappa shape index (κ3) is 3.05. The fourth-order valence-corrected chi connectivity index (χ4v) is 5.65. The number of ether oxygens (including phenoxy) is 1. The Morgan fingerprint density at radius 2 is 2.04 bits per heavy atom. The zero-order valence-corrected chi connectivity index (χ0v) is 16.2. The lowest BCUT2D eigenvalue weighted by atomic mass is 9.69. The Balaban J connectivity index is 1.47. The van der Waals surface area contributed by atoms with E-state index >= 15 is 0 Å². The third-order valence-electron chi connectivity index (χ3n) is 6.87. The van der Waals surface area contributed by atoms with E-state index in [1.807, 2.05) is 12.3 Å². The number of rotatable bonds is 5. The standard InChI is InChI=1S/C22H28N4O2/c27-21(25-8-10-28-11-9-25)22(12-17-4-2-1-3-5-17)13-19-6-7-20(22)26(19)15-18-14-23-16-24-18/h1-5,14,16,19-20H,6-13,15H2,(H,23,24)/t19-,20+,22+/m0/s1. The number of hydrogen-bond donors (Lipinski definition) is 1. The van der Waals surface area contributed by atoms with Crippen molar-refractivity contribution in [3.8, 4) is 0 Å². The monoisotopic (exact) mass is 380 g/mol. The minimum absolute atomic E-state index is 0.288. The number of aromatic nitrogens is 2. The maximum atomic E-state index is 13.9. The van der Waals surface area contributed by atoms with Crippen LogP contribution in [0.1, 0.15) is 30.5 Å². The Morgan fingerprint density at radius 3 is 2.79 bits per heavy atom. The van der Waals surface area contributed by atoms with Crippen LogP contribution in [-0.2, 0) is 22.5 Å². The number of nitrogens with zero attached hydrogens (tertiary/aromatic N) is 3. The van der Waals surface area contributed by atoms with Gasteiger partial charge in [0.15, 0.2) is 0 Å². The van der Waals surface area contributed by atoms with Crippen molar-refractivity contribution in [3.63, 3.8) is 0 Å². The summed E-state index contributed by atoms with van der Waals surface area (Å²) in [6.45, 7) is 3.58. The van der Waals surface area contributed by atoms with Crippen molar-refractivity contribution in [2.75, 3.05) is 26.3 Å². The van der Waals surface area contributed by atoms with Crippen molar-refractivity contribution >= 4 is 5.91 Å². The van der Waals surface area contributed by atoms with Crippen molar-refractivity contribution in [2.24, 2.45) is 5.41 Å². The van der Waals surface area contributed by atoms with E-state index in [1.54, 1.807) is 6.33 Å². The van der Waals surface area contributed by atoms with Crippen LogP contribution in [0, 0.1) is 5.41 Å². The van der Waals surface area contributed by atoms with Crippen LogP contribution in [0.3, 0.4) is 0 Å². The molecule has 3 aliphatic rings. The van der Waals surface area contributed by atoms with Gasteiger partial charge in [0.25, 0.3) is 0 Å². The molecule has 3 fully saturated rings. The highest BCUT2D eigenvalue weighted by molar-refractivity contribution is 5.85. The van der Waals surface area contributed by atoms with Crippen LogP contribution in [0.4, 0.5) is 0 Å². The van der Waals surface area contributed by atoms with Gasteiger partial charge in [-0.15, -0.1) is 0 Å². The largest absolute Gasteiger partial charge is 0.378 e. The van der Waals surface area contributed by atoms with Crippen molar-refractivity contribution in [3.05, 3.63) is 54.1 Å². The second-order valence-electron chi connectivity index (χ2n) is 8.42. The molecule has 28 heavy (non-hydrogen) atoms. The lowest BCUT2D eigenvalue weighted by molar-refractivity contribution is -0.148. The number of benzene rings is 1. The Morgan fingerprint density at radius 1 is 1.21 bits per heavy atom. The van der Waals surface area contributed by atoms with Gasteiger partial charge < -0.3 is 14.6 Å². The molecule has 0 saturated carbocycles. The van der Waals surface area contributed by atoms with E-state index < -0.39 is 0 Å². The zero-order valence-electron chi connectivity index (χ0n) is 16.2. The Kier molecular flexibility index (Phi) is 4.69. The molecule has 1 N–H and O–H groups in total. The molecule has 6 nitrogen and oxygen atoms in total. The predicted octanol–water partition coefficient (Wildman–Crippen LogP) is 2.23. The van der Waals surface area contributed by atoms with Crippen molar-refractivity contribution in [1.29, 1.82) is 0 Å². The topological polar surface area (TPSA) is 61.5 Å². The molecule has 2 bridgehead atoms. The molecule has 0 aliphatic carbocycles. The van der Waals surface area contributed by atoms with E-state index in [2.05, 4.69) is 44.0 Å². The Labute approximate surface area is 165 Å². The normalized spacial score (nSPS) is 30.1. The van der Waals surface area contributed by atoms with Crippen LogP contribution in [0.5, 0.6) is 0 Å². The summed E-state index contributed by atoms with van der Waals surface area (Å²) in [5.41, 5.74) is 2.06. The van der Waals surface area contributed by atoms with Gasteiger partial charge in [-0.2, -0.15) is 0 Å². The fraction of sp³-hybridized carbons (Fsp3) is 0.545. The highest BCUT2D eigenvalue weighted by Crippen LogP contribution is 2.53. The summed E-state index contributed by atoms with van der Waals surface area (Å²) in [6.07, 6.45) is 7.71. The molecule has 1 aromatic carbocycles. The number of fused-ring (bicyclic) bond motifs is 2. The van der Waals surface area contributed by atoms with Crippen LogP contribution in [-0.4, -0.2) is 64.1 Å². The van der Waals surface area contributed by atoms with E-state index in [-0.39, 0.29) is 11.5 Å². The first kappa shape index (κ1) is 17.9. The van der Waals surface area contributed by atoms with E-state index in [0.717, 1.165) is 31.5 Å². The Hall–Kier alpha value is -2.18. The van der Waals surface area contributed by atoms with E-state index in [1.165, 1.54) is 12.0 Å². The first-order valence-electron chi connectivity index (χ1n) is 10.4. The van der Waals surface area contributed by atoms with Gasteiger partial charge in [0.2, 0.25) is 5.91 Å². The fourth-order valence-electron chi connectivity index (χ4n) is 5.65. The second-order valence-corrected chi connectivity index (χ2v) is 8.42. The summed E-state index contributed by atoms with van der Waals surface area (Å²) in [5, 5.41) is 0. The van der Waals surface area contributed by atoms with Gasteiger partial charge in [-0.25, -0.2) is 4.98 Å². The SMILES string of the molecule is O=C(N1CCOCC1)[C@]1(Cc2ccccc2)C[C@@H]2CC[C@H]1N2Cc1cnc[nH]1. The van der Waals surface area contributed by atoms with Gasteiger partial charge in [0.05, 0.1) is 25.0 Å². The van der Waals surface area contributed by atoms with E-state index in [4.69, 9.17) is 4.74 Å². The lowest BCUT2D eigenvalue weighted by Crippen LogP contribution is -2.54. The third-order valence-corrected chi connectivity index (χ3v) is 6.87. The number of nitrogens with one attached hydrogen (secondary N) is 1. The molecule has 148 valence electrons. The number of morpholine rings is 1. The molecule has 1 amide bonds. The molecule has 2 aromatic rings. The average molecular weight is 380 g/mol. The second kappa shape index (κ2) is 7.33. The zero-order chi connectivity index (χ0) is 19.0. The number of aromatic amines is 1. The van der Waals surface area contributed by atoms with Crippen molar-refractivity contribution < 1.29 is 9.53 Å². The molecule has 5 rings (SSSR count). The van der Waals surface area contributed by atoms with Gasteiger partial charge in [-0.05, 0) is 31.2 Å². The lowest BCUT2D eigenvalue weighted by Gasteiger charge is -2.41. The van der Waals surface area contributed by atoms with Crippen LogP contribution in [0.15, 0.2) is 42.9 Å². The molecular formula is C22H28N4O2. The molecule has 3 saturated heterocycles. The van der Waals surface area contributed by atoms with Crippen LogP contribution < -0.4 is 0 Å². The van der Waals surface area contributed by atoms with Gasteiger partial charge in [-0.3, -0.25) is 9.69 Å². The molecule has 0 spiro atoms. The predicted molar refractivity (Wildman–Crippen MR) is 106 cm³/mol. The molecule has 6 heteroatoms. The summed E-state index contributed by atoms with van der Waals surface area (Å²) in [5.74, 6) is 0.335. The molecule has 4 heterocycles. The minimum atomic E-state index is -0.332. The summed E-state index contributed by atoms with van der Waals surface area (Å²) >= 11 is 0. The summed E-state index contributed by atoms with van der Waals surface area (Å²) < 4.78 is 5.50. The highest BCUT2D eigenvalue weighted by Gasteiger charge is 2.60. The van der Waals surface area contributed by atoms with Crippen molar-refractivity contribution in [2.45, 2.75) is 44.3 Å². The molecule has 0 unspecified atom stereocenters. The average Bonchev–Trinajstić information content (AvgIpc) is 3.46. The quantitative estimate of drug-likeness (QED) is 0.864. The summed E-state index contributed by atoms with van der Waals surface area (Å²) in [6, 6.07) is 11.3. The number of H-pyrrole nitrogens is 1. The molecule has 1 aromatic heterocycles. The number of carbonyl (C=O) groups is 1. The Bertz CT molecular complexity index is 803. The smallest absolute Gasteiger partial charge is 0.230 e. The number of amides is 1. The van der Waals surface area contributed by atoms with Gasteiger partial charge in [-0.1, -0.05) is 30.3 Å².